The number of carbonyl (C=O) groups excluding carboxylic acids is 1. The Hall–Kier alpha value is -4.01. The van der Waals surface area contributed by atoms with Crippen LogP contribution in [-0.4, -0.2) is 38.7 Å². The summed E-state index contributed by atoms with van der Waals surface area (Å²) in [4.78, 5) is 21.5. The zero-order chi connectivity index (χ0) is 22.7. The van der Waals surface area contributed by atoms with Gasteiger partial charge in [0, 0.05) is 11.6 Å². The molecular formula is C23H22FN5O3. The van der Waals surface area contributed by atoms with Crippen molar-refractivity contribution < 1.29 is 18.7 Å². The van der Waals surface area contributed by atoms with Crippen LogP contribution in [0.4, 0.5) is 4.39 Å². The molecule has 0 bridgehead atoms. The van der Waals surface area contributed by atoms with E-state index in [-0.39, 0.29) is 11.7 Å². The number of fused-ring (bicyclic) bond motifs is 1. The van der Waals surface area contributed by atoms with Gasteiger partial charge >= 0.3 is 0 Å². The van der Waals surface area contributed by atoms with Gasteiger partial charge in [0.05, 0.1) is 18.8 Å². The topological polar surface area (TPSA) is 90.6 Å². The molecule has 8 nitrogen and oxygen atoms in total. The van der Waals surface area contributed by atoms with E-state index >= 15 is 0 Å². The Labute approximate surface area is 184 Å². The Bertz CT molecular complexity index is 1220. The summed E-state index contributed by atoms with van der Waals surface area (Å²) in [5.41, 5.74) is 2.28. The van der Waals surface area contributed by atoms with Gasteiger partial charge in [0.2, 0.25) is 0 Å². The van der Waals surface area contributed by atoms with Crippen molar-refractivity contribution in [3.8, 4) is 22.8 Å². The molecule has 164 valence electrons. The molecule has 2 heterocycles. The SMILES string of the molecule is COc1ccc(-c2cc3nc([C@H](C)NC(=O)C(C)Oc4ccc(F)cc4)nn3cn2)cc1. The smallest absolute Gasteiger partial charge is 0.261 e. The number of nitrogens with zero attached hydrogens (tertiary/aromatic N) is 4. The van der Waals surface area contributed by atoms with Gasteiger partial charge in [0.1, 0.15) is 23.6 Å². The number of hydrogen-bond donors (Lipinski definition) is 1. The zero-order valence-corrected chi connectivity index (χ0v) is 17.8. The summed E-state index contributed by atoms with van der Waals surface area (Å²) in [6, 6.07) is 14.4. The summed E-state index contributed by atoms with van der Waals surface area (Å²) in [5, 5.41) is 7.24. The van der Waals surface area contributed by atoms with Crippen molar-refractivity contribution >= 4 is 11.6 Å². The van der Waals surface area contributed by atoms with Gasteiger partial charge in [0.15, 0.2) is 17.6 Å². The molecular weight excluding hydrogens is 413 g/mol. The highest BCUT2D eigenvalue weighted by Crippen LogP contribution is 2.22. The average Bonchev–Trinajstić information content (AvgIpc) is 3.24. The predicted octanol–water partition coefficient (Wildman–Crippen LogP) is 3.58. The number of rotatable bonds is 7. The van der Waals surface area contributed by atoms with Gasteiger partial charge in [-0.1, -0.05) is 0 Å². The van der Waals surface area contributed by atoms with Gasteiger partial charge in [-0.3, -0.25) is 4.79 Å². The van der Waals surface area contributed by atoms with Crippen LogP contribution in [0.5, 0.6) is 11.5 Å². The van der Waals surface area contributed by atoms with Crippen LogP contribution >= 0.6 is 0 Å². The maximum atomic E-state index is 13.0. The van der Waals surface area contributed by atoms with E-state index in [1.807, 2.05) is 30.3 Å². The molecule has 2 atom stereocenters. The van der Waals surface area contributed by atoms with E-state index in [0.717, 1.165) is 17.0 Å². The Kier molecular flexibility index (Phi) is 5.98. The number of halogens is 1. The monoisotopic (exact) mass is 435 g/mol. The normalized spacial score (nSPS) is 12.9. The maximum Gasteiger partial charge on any atom is 0.261 e. The molecule has 0 radical (unpaired) electrons. The minimum Gasteiger partial charge on any atom is -0.497 e. The van der Waals surface area contributed by atoms with Crippen molar-refractivity contribution in [2.45, 2.75) is 26.0 Å². The molecule has 1 unspecified atom stereocenters. The average molecular weight is 435 g/mol. The van der Waals surface area contributed by atoms with Gasteiger partial charge in [0.25, 0.3) is 5.91 Å². The van der Waals surface area contributed by atoms with E-state index in [4.69, 9.17) is 9.47 Å². The van der Waals surface area contributed by atoms with Gasteiger partial charge < -0.3 is 14.8 Å². The van der Waals surface area contributed by atoms with Crippen molar-refractivity contribution in [1.29, 1.82) is 0 Å². The minimum absolute atomic E-state index is 0.335. The van der Waals surface area contributed by atoms with Gasteiger partial charge in [-0.2, -0.15) is 0 Å². The minimum atomic E-state index is -0.775. The number of amides is 1. The lowest BCUT2D eigenvalue weighted by Gasteiger charge is -2.17. The highest BCUT2D eigenvalue weighted by Gasteiger charge is 2.20. The summed E-state index contributed by atoms with van der Waals surface area (Å²) < 4.78 is 25.3. The van der Waals surface area contributed by atoms with E-state index in [1.165, 1.54) is 24.3 Å². The largest absolute Gasteiger partial charge is 0.497 e. The van der Waals surface area contributed by atoms with Crippen LogP contribution in [0, 0.1) is 5.82 Å². The molecule has 0 aliphatic heterocycles. The lowest BCUT2D eigenvalue weighted by molar-refractivity contribution is -0.128. The van der Waals surface area contributed by atoms with Crippen LogP contribution in [0.15, 0.2) is 60.9 Å². The van der Waals surface area contributed by atoms with Gasteiger partial charge in [-0.05, 0) is 62.4 Å². The van der Waals surface area contributed by atoms with Crippen LogP contribution in [0.1, 0.15) is 25.7 Å². The summed E-state index contributed by atoms with van der Waals surface area (Å²) in [6.45, 7) is 3.41. The molecule has 0 spiro atoms. The number of carbonyl (C=O) groups is 1. The number of nitrogens with one attached hydrogen (secondary N) is 1. The predicted molar refractivity (Wildman–Crippen MR) is 116 cm³/mol. The fourth-order valence-electron chi connectivity index (χ4n) is 3.08. The third-order valence-corrected chi connectivity index (χ3v) is 4.87. The van der Waals surface area contributed by atoms with Crippen molar-refractivity contribution in [3.63, 3.8) is 0 Å². The Morgan fingerprint density at radius 1 is 1.06 bits per heavy atom. The zero-order valence-electron chi connectivity index (χ0n) is 17.8. The van der Waals surface area contributed by atoms with E-state index in [9.17, 15) is 9.18 Å². The molecule has 9 heteroatoms. The Morgan fingerprint density at radius 3 is 2.44 bits per heavy atom. The van der Waals surface area contributed by atoms with Crippen molar-refractivity contribution in [3.05, 3.63) is 72.6 Å². The number of ether oxygens (including phenoxy) is 2. The molecule has 1 N–H and O–H groups in total. The van der Waals surface area contributed by atoms with Crippen LogP contribution in [0.25, 0.3) is 16.9 Å². The molecule has 0 saturated heterocycles. The molecule has 2 aromatic heterocycles. The highest BCUT2D eigenvalue weighted by atomic mass is 19.1. The molecule has 32 heavy (non-hydrogen) atoms. The van der Waals surface area contributed by atoms with Crippen molar-refractivity contribution in [1.82, 2.24) is 24.9 Å². The fourth-order valence-corrected chi connectivity index (χ4v) is 3.08. The van der Waals surface area contributed by atoms with Gasteiger partial charge in [-0.25, -0.2) is 18.9 Å². The second kappa shape index (κ2) is 9.01. The first-order valence-corrected chi connectivity index (χ1v) is 10.0. The quantitative estimate of drug-likeness (QED) is 0.477. The number of methoxy groups -OCH3 is 1. The Balaban J connectivity index is 1.45. The second-order valence-electron chi connectivity index (χ2n) is 7.22. The number of aromatic nitrogens is 4. The molecule has 0 fully saturated rings. The van der Waals surface area contributed by atoms with E-state index < -0.39 is 12.1 Å². The highest BCUT2D eigenvalue weighted by molar-refractivity contribution is 5.81. The molecule has 4 aromatic rings. The van der Waals surface area contributed by atoms with E-state index in [1.54, 1.807) is 31.8 Å². The summed E-state index contributed by atoms with van der Waals surface area (Å²) in [6.07, 6.45) is 0.809. The first kappa shape index (κ1) is 21.2. The molecule has 1 amide bonds. The van der Waals surface area contributed by atoms with Crippen molar-refractivity contribution in [2.24, 2.45) is 0 Å². The molecule has 0 aliphatic carbocycles. The molecule has 0 aliphatic rings. The van der Waals surface area contributed by atoms with Gasteiger partial charge in [-0.15, -0.1) is 5.10 Å². The third kappa shape index (κ3) is 4.66. The van der Waals surface area contributed by atoms with Crippen LogP contribution < -0.4 is 14.8 Å². The van der Waals surface area contributed by atoms with Crippen LogP contribution in [0.2, 0.25) is 0 Å². The Morgan fingerprint density at radius 2 is 1.75 bits per heavy atom. The summed E-state index contributed by atoms with van der Waals surface area (Å²) in [7, 11) is 1.62. The summed E-state index contributed by atoms with van der Waals surface area (Å²) >= 11 is 0. The standard InChI is InChI=1S/C23H22FN5O3/c1-14(26-23(30)15(2)32-19-10-6-17(24)7-11-19)22-27-21-12-20(25-13-29(21)28-22)16-4-8-18(31-3)9-5-16/h4-15H,1-3H3,(H,26,30)/t14-,15?/m0/s1. The van der Waals surface area contributed by atoms with Crippen LogP contribution in [-0.2, 0) is 4.79 Å². The van der Waals surface area contributed by atoms with E-state index in [2.05, 4.69) is 20.4 Å². The number of benzene rings is 2. The summed E-state index contributed by atoms with van der Waals surface area (Å²) in [5.74, 6) is 0.913. The van der Waals surface area contributed by atoms with E-state index in [0.29, 0.717) is 17.2 Å². The second-order valence-corrected chi connectivity index (χ2v) is 7.22. The fraction of sp³-hybridized carbons (Fsp3) is 0.217. The number of hydrogen-bond acceptors (Lipinski definition) is 6. The molecule has 0 saturated carbocycles. The van der Waals surface area contributed by atoms with Crippen molar-refractivity contribution in [2.75, 3.05) is 7.11 Å². The lowest BCUT2D eigenvalue weighted by Crippen LogP contribution is -2.38. The first-order chi connectivity index (χ1) is 15.4. The molecule has 2 aromatic carbocycles. The lowest BCUT2D eigenvalue weighted by atomic mass is 10.1. The third-order valence-electron chi connectivity index (χ3n) is 4.87. The molecule has 4 rings (SSSR count). The maximum absolute atomic E-state index is 13.0. The first-order valence-electron chi connectivity index (χ1n) is 10.0. The van der Waals surface area contributed by atoms with Crippen LogP contribution in [0.3, 0.4) is 0 Å².